The minimum atomic E-state index is -0.384. The molecule has 0 aromatic rings. The Hall–Kier alpha value is -0.0400. The van der Waals surface area contributed by atoms with E-state index in [2.05, 4.69) is 27.7 Å². The molecule has 2 unspecified atom stereocenters. The normalized spacial score (nSPS) is 15.9. The Labute approximate surface area is 134 Å². The highest BCUT2D eigenvalue weighted by Gasteiger charge is 2.33. The lowest BCUT2D eigenvalue weighted by atomic mass is 9.75. The maximum atomic E-state index is 11.2. The average molecular weight is 299 g/mol. The van der Waals surface area contributed by atoms with E-state index in [1.807, 2.05) is 0 Å². The topological polar surface area (TPSA) is 20.2 Å². The number of unbranched alkanes of at least 4 members (excludes halogenated alkanes) is 7. The Morgan fingerprint density at radius 1 is 0.667 bits per heavy atom. The van der Waals surface area contributed by atoms with Gasteiger partial charge in [-0.05, 0) is 25.2 Å². The second-order valence-electron chi connectivity index (χ2n) is 6.97. The van der Waals surface area contributed by atoms with Gasteiger partial charge in [-0.25, -0.2) is 0 Å². The van der Waals surface area contributed by atoms with Gasteiger partial charge in [0.25, 0.3) is 0 Å². The summed E-state index contributed by atoms with van der Waals surface area (Å²) in [6.45, 7) is 9.02. The minimum absolute atomic E-state index is 0.384. The maximum Gasteiger partial charge on any atom is 0.0675 e. The van der Waals surface area contributed by atoms with Gasteiger partial charge in [-0.15, -0.1) is 0 Å². The molecule has 0 spiro atoms. The van der Waals surface area contributed by atoms with Gasteiger partial charge in [0.2, 0.25) is 0 Å². The second-order valence-corrected chi connectivity index (χ2v) is 6.97. The summed E-state index contributed by atoms with van der Waals surface area (Å²) in [7, 11) is 0. The summed E-state index contributed by atoms with van der Waals surface area (Å²) in [5.41, 5.74) is -0.384. The van der Waals surface area contributed by atoms with Crippen molar-refractivity contribution in [3.8, 4) is 0 Å². The third kappa shape index (κ3) is 9.55. The van der Waals surface area contributed by atoms with Crippen molar-refractivity contribution in [3.05, 3.63) is 0 Å². The zero-order valence-corrected chi connectivity index (χ0v) is 15.4. The molecule has 1 N–H and O–H groups in total. The quantitative estimate of drug-likeness (QED) is 0.327. The average Bonchev–Trinajstić information content (AvgIpc) is 2.49. The molecule has 0 amide bonds. The third-order valence-electron chi connectivity index (χ3n) is 5.09. The molecule has 0 aliphatic carbocycles. The van der Waals surface area contributed by atoms with Gasteiger partial charge in [0.05, 0.1) is 5.60 Å². The smallest absolute Gasteiger partial charge is 0.0675 e. The van der Waals surface area contributed by atoms with Crippen molar-refractivity contribution in [2.24, 2.45) is 5.92 Å². The minimum Gasteiger partial charge on any atom is -0.390 e. The highest BCUT2D eigenvalue weighted by atomic mass is 16.3. The fourth-order valence-corrected chi connectivity index (χ4v) is 3.53. The predicted molar refractivity (Wildman–Crippen MR) is 95.8 cm³/mol. The predicted octanol–water partition coefficient (Wildman–Crippen LogP) is 6.87. The summed E-state index contributed by atoms with van der Waals surface area (Å²) >= 11 is 0. The van der Waals surface area contributed by atoms with Crippen LogP contribution in [0.25, 0.3) is 0 Å². The van der Waals surface area contributed by atoms with Gasteiger partial charge in [-0.1, -0.05) is 98.3 Å². The van der Waals surface area contributed by atoms with Crippen LogP contribution in [0, 0.1) is 5.92 Å². The first-order chi connectivity index (χ1) is 10.1. The van der Waals surface area contributed by atoms with Crippen LogP contribution in [-0.4, -0.2) is 10.7 Å². The first-order valence-electron chi connectivity index (χ1n) is 9.86. The fraction of sp³-hybridized carbons (Fsp3) is 1.00. The first-order valence-corrected chi connectivity index (χ1v) is 9.86. The van der Waals surface area contributed by atoms with Crippen molar-refractivity contribution in [2.75, 3.05) is 0 Å². The Morgan fingerprint density at radius 2 is 1.19 bits per heavy atom. The molecule has 0 aromatic heterocycles. The van der Waals surface area contributed by atoms with E-state index in [-0.39, 0.29) is 5.60 Å². The summed E-state index contributed by atoms with van der Waals surface area (Å²) in [5, 5.41) is 11.2. The van der Waals surface area contributed by atoms with Crippen molar-refractivity contribution in [1.29, 1.82) is 0 Å². The Morgan fingerprint density at radius 3 is 1.76 bits per heavy atom. The van der Waals surface area contributed by atoms with E-state index in [0.29, 0.717) is 5.92 Å². The Kier molecular flexibility index (Phi) is 13.6. The standard InChI is InChI=1S/C20H42O/c1-5-9-12-13-14-15-18-20(21,17-11-7-3)19(8-4)16-10-6-2/h19,21H,5-18H2,1-4H3. The molecular weight excluding hydrogens is 256 g/mol. The van der Waals surface area contributed by atoms with Crippen LogP contribution >= 0.6 is 0 Å². The number of hydrogen-bond donors (Lipinski definition) is 1. The molecule has 0 aromatic carbocycles. The lowest BCUT2D eigenvalue weighted by Crippen LogP contribution is -2.38. The molecule has 2 atom stereocenters. The maximum absolute atomic E-state index is 11.2. The summed E-state index contributed by atoms with van der Waals surface area (Å²) in [6.07, 6.45) is 17.2. The molecule has 0 radical (unpaired) electrons. The van der Waals surface area contributed by atoms with E-state index in [1.165, 1.54) is 70.6 Å². The van der Waals surface area contributed by atoms with Gasteiger partial charge in [0.15, 0.2) is 0 Å². The summed E-state index contributed by atoms with van der Waals surface area (Å²) in [4.78, 5) is 0. The van der Waals surface area contributed by atoms with Crippen LogP contribution in [0.3, 0.4) is 0 Å². The van der Waals surface area contributed by atoms with Gasteiger partial charge < -0.3 is 5.11 Å². The molecule has 1 nitrogen and oxygen atoms in total. The van der Waals surface area contributed by atoms with Crippen molar-refractivity contribution in [2.45, 2.75) is 123 Å². The van der Waals surface area contributed by atoms with E-state index in [0.717, 1.165) is 19.3 Å². The Balaban J connectivity index is 4.30. The largest absolute Gasteiger partial charge is 0.390 e. The monoisotopic (exact) mass is 298 g/mol. The van der Waals surface area contributed by atoms with Gasteiger partial charge >= 0.3 is 0 Å². The van der Waals surface area contributed by atoms with Gasteiger partial charge in [-0.3, -0.25) is 0 Å². The van der Waals surface area contributed by atoms with Crippen molar-refractivity contribution >= 4 is 0 Å². The number of hydrogen-bond acceptors (Lipinski definition) is 1. The van der Waals surface area contributed by atoms with E-state index < -0.39 is 0 Å². The number of aliphatic hydroxyl groups is 1. The van der Waals surface area contributed by atoms with Crippen LogP contribution in [0.15, 0.2) is 0 Å². The summed E-state index contributed by atoms with van der Waals surface area (Å²) < 4.78 is 0. The molecule has 0 saturated heterocycles. The molecule has 0 saturated carbocycles. The zero-order chi connectivity index (χ0) is 16.0. The molecule has 0 fully saturated rings. The number of rotatable bonds is 15. The van der Waals surface area contributed by atoms with Crippen LogP contribution in [0.4, 0.5) is 0 Å². The van der Waals surface area contributed by atoms with E-state index in [9.17, 15) is 5.11 Å². The van der Waals surface area contributed by atoms with Gasteiger partial charge in [-0.2, -0.15) is 0 Å². The molecule has 1 heteroatoms. The van der Waals surface area contributed by atoms with E-state index in [4.69, 9.17) is 0 Å². The molecule has 21 heavy (non-hydrogen) atoms. The van der Waals surface area contributed by atoms with E-state index in [1.54, 1.807) is 0 Å². The molecule has 128 valence electrons. The highest BCUT2D eigenvalue weighted by molar-refractivity contribution is 4.85. The van der Waals surface area contributed by atoms with Crippen molar-refractivity contribution in [3.63, 3.8) is 0 Å². The summed E-state index contributed by atoms with van der Waals surface area (Å²) in [6, 6.07) is 0. The van der Waals surface area contributed by atoms with E-state index >= 15 is 0 Å². The fourth-order valence-electron chi connectivity index (χ4n) is 3.53. The Bertz CT molecular complexity index is 214. The van der Waals surface area contributed by atoms with Crippen LogP contribution in [-0.2, 0) is 0 Å². The lowest BCUT2D eigenvalue weighted by molar-refractivity contribution is -0.0427. The van der Waals surface area contributed by atoms with Crippen LogP contribution < -0.4 is 0 Å². The molecule has 0 aliphatic rings. The summed E-state index contributed by atoms with van der Waals surface area (Å²) in [5.74, 6) is 0.514. The first kappa shape index (κ1) is 21.0. The van der Waals surface area contributed by atoms with Gasteiger partial charge in [0.1, 0.15) is 0 Å². The lowest BCUT2D eigenvalue weighted by Gasteiger charge is -2.36. The van der Waals surface area contributed by atoms with Crippen LogP contribution in [0.2, 0.25) is 0 Å². The van der Waals surface area contributed by atoms with Crippen molar-refractivity contribution < 1.29 is 5.11 Å². The second kappa shape index (κ2) is 13.6. The zero-order valence-electron chi connectivity index (χ0n) is 15.4. The van der Waals surface area contributed by atoms with Crippen LogP contribution in [0.1, 0.15) is 118 Å². The molecular formula is C20H42O. The van der Waals surface area contributed by atoms with Crippen LogP contribution in [0.5, 0.6) is 0 Å². The SMILES string of the molecule is CCCCCCCCC(O)(CCCC)C(CC)CCCC. The van der Waals surface area contributed by atoms with Crippen molar-refractivity contribution in [1.82, 2.24) is 0 Å². The molecule has 0 rings (SSSR count). The molecule has 0 aliphatic heterocycles. The van der Waals surface area contributed by atoms with Gasteiger partial charge in [0, 0.05) is 0 Å². The molecule has 0 bridgehead atoms. The third-order valence-corrected chi connectivity index (χ3v) is 5.09. The molecule has 0 heterocycles. The highest BCUT2D eigenvalue weighted by Crippen LogP contribution is 2.35.